The zero-order valence-corrected chi connectivity index (χ0v) is 9.26. The van der Waals surface area contributed by atoms with E-state index in [0.29, 0.717) is 6.54 Å². The van der Waals surface area contributed by atoms with E-state index in [0.717, 1.165) is 0 Å². The molecule has 0 bridgehead atoms. The lowest BCUT2D eigenvalue weighted by molar-refractivity contribution is -0.153. The topological polar surface area (TPSA) is 64.3 Å². The standard InChI is InChI=1S/C10H15FN2O3/c1-3-13-6-12-5-7(13)9(14)8(11)10(15)16-4-2/h5-6,8-9,14H,3-4H2,1-2H3. The van der Waals surface area contributed by atoms with Crippen LogP contribution in [0.15, 0.2) is 12.5 Å². The Labute approximate surface area is 92.9 Å². The number of esters is 1. The molecule has 0 fully saturated rings. The first-order valence-corrected chi connectivity index (χ1v) is 5.10. The minimum atomic E-state index is -2.08. The first-order valence-electron chi connectivity index (χ1n) is 5.10. The molecule has 1 rings (SSSR count). The first-order chi connectivity index (χ1) is 7.61. The Kier molecular flexibility index (Phi) is 4.42. The van der Waals surface area contributed by atoms with Gasteiger partial charge in [0.05, 0.1) is 24.8 Å². The number of alkyl halides is 1. The van der Waals surface area contributed by atoms with Gasteiger partial charge in [-0.1, -0.05) is 0 Å². The van der Waals surface area contributed by atoms with Gasteiger partial charge in [-0.15, -0.1) is 0 Å². The number of ether oxygens (including phenoxy) is 1. The van der Waals surface area contributed by atoms with Crippen molar-refractivity contribution in [1.82, 2.24) is 9.55 Å². The normalized spacial score (nSPS) is 14.5. The Bertz CT molecular complexity index is 354. The van der Waals surface area contributed by atoms with Crippen LogP contribution in [0, 0.1) is 0 Å². The zero-order chi connectivity index (χ0) is 12.1. The molecule has 0 spiro atoms. The molecule has 1 N–H and O–H groups in total. The smallest absolute Gasteiger partial charge is 0.343 e. The Morgan fingerprint density at radius 1 is 1.69 bits per heavy atom. The van der Waals surface area contributed by atoms with E-state index >= 15 is 0 Å². The molecule has 2 unspecified atom stereocenters. The van der Waals surface area contributed by atoms with Gasteiger partial charge in [-0.25, -0.2) is 14.2 Å². The van der Waals surface area contributed by atoms with Crippen LogP contribution in [0.25, 0.3) is 0 Å². The summed E-state index contributed by atoms with van der Waals surface area (Å²) in [5.41, 5.74) is 0.267. The maximum absolute atomic E-state index is 13.5. The summed E-state index contributed by atoms with van der Waals surface area (Å²) in [5, 5.41) is 9.65. The van der Waals surface area contributed by atoms with E-state index < -0.39 is 18.2 Å². The monoisotopic (exact) mass is 230 g/mol. The Morgan fingerprint density at radius 2 is 2.38 bits per heavy atom. The van der Waals surface area contributed by atoms with Gasteiger partial charge in [0.25, 0.3) is 0 Å². The molecule has 0 aromatic carbocycles. The Balaban J connectivity index is 2.77. The van der Waals surface area contributed by atoms with Gasteiger partial charge < -0.3 is 14.4 Å². The van der Waals surface area contributed by atoms with Crippen molar-refractivity contribution >= 4 is 5.97 Å². The number of carbonyl (C=O) groups is 1. The van der Waals surface area contributed by atoms with Crippen molar-refractivity contribution in [2.45, 2.75) is 32.7 Å². The summed E-state index contributed by atoms with van der Waals surface area (Å²) >= 11 is 0. The molecule has 16 heavy (non-hydrogen) atoms. The van der Waals surface area contributed by atoms with E-state index in [4.69, 9.17) is 0 Å². The molecule has 0 aliphatic rings. The fourth-order valence-corrected chi connectivity index (χ4v) is 1.34. The highest BCUT2D eigenvalue weighted by Gasteiger charge is 2.30. The summed E-state index contributed by atoms with van der Waals surface area (Å²) in [5.74, 6) is -1.06. The number of aryl methyl sites for hydroxylation is 1. The van der Waals surface area contributed by atoms with Gasteiger partial charge in [0.15, 0.2) is 0 Å². The Hall–Kier alpha value is -1.43. The quantitative estimate of drug-likeness (QED) is 0.761. The van der Waals surface area contributed by atoms with Crippen LogP contribution in [0.2, 0.25) is 0 Å². The molecule has 2 atom stereocenters. The highest BCUT2D eigenvalue weighted by molar-refractivity contribution is 5.75. The second-order valence-corrected chi connectivity index (χ2v) is 3.20. The van der Waals surface area contributed by atoms with Crippen molar-refractivity contribution in [3.05, 3.63) is 18.2 Å². The molecule has 0 radical (unpaired) electrons. The molecule has 0 saturated heterocycles. The van der Waals surface area contributed by atoms with Crippen LogP contribution in [0.5, 0.6) is 0 Å². The van der Waals surface area contributed by atoms with E-state index in [1.54, 1.807) is 11.5 Å². The van der Waals surface area contributed by atoms with Crippen molar-refractivity contribution < 1.29 is 19.0 Å². The maximum atomic E-state index is 13.5. The summed E-state index contributed by atoms with van der Waals surface area (Å²) in [6, 6.07) is 0. The van der Waals surface area contributed by atoms with Crippen molar-refractivity contribution in [3.8, 4) is 0 Å². The van der Waals surface area contributed by atoms with E-state index in [2.05, 4.69) is 9.72 Å². The van der Waals surface area contributed by atoms with Gasteiger partial charge in [-0.3, -0.25) is 0 Å². The summed E-state index contributed by atoms with van der Waals surface area (Å²) in [6.45, 7) is 4.03. The molecule has 1 heterocycles. The van der Waals surface area contributed by atoms with Crippen molar-refractivity contribution in [2.75, 3.05) is 6.61 Å². The lowest BCUT2D eigenvalue weighted by Crippen LogP contribution is -2.27. The second kappa shape index (κ2) is 5.60. The molecule has 0 aliphatic heterocycles. The SMILES string of the molecule is CCOC(=O)C(F)C(O)c1cncn1CC. The number of aromatic nitrogens is 2. The fourth-order valence-electron chi connectivity index (χ4n) is 1.34. The highest BCUT2D eigenvalue weighted by atomic mass is 19.1. The molecule has 90 valence electrons. The van der Waals surface area contributed by atoms with Gasteiger partial charge in [0.2, 0.25) is 6.17 Å². The first kappa shape index (κ1) is 12.6. The maximum Gasteiger partial charge on any atom is 0.343 e. The van der Waals surface area contributed by atoms with E-state index in [9.17, 15) is 14.3 Å². The molecule has 0 aliphatic carbocycles. The predicted molar refractivity (Wildman–Crippen MR) is 54.4 cm³/mol. The van der Waals surface area contributed by atoms with Crippen LogP contribution in [-0.2, 0) is 16.1 Å². The molecular formula is C10H15FN2O3. The molecule has 6 heteroatoms. The average Bonchev–Trinajstić information content (AvgIpc) is 2.75. The minimum absolute atomic E-state index is 0.0824. The lowest BCUT2D eigenvalue weighted by atomic mass is 10.1. The summed E-state index contributed by atoms with van der Waals surface area (Å²) in [4.78, 5) is 14.9. The molecule has 0 saturated carbocycles. The number of nitrogens with zero attached hydrogens (tertiary/aromatic N) is 2. The third-order valence-electron chi connectivity index (χ3n) is 2.18. The summed E-state index contributed by atoms with van der Waals surface area (Å²) < 4.78 is 19.5. The fraction of sp³-hybridized carbons (Fsp3) is 0.600. The van der Waals surface area contributed by atoms with Crippen LogP contribution in [0.4, 0.5) is 4.39 Å². The molecule has 0 amide bonds. The lowest BCUT2D eigenvalue weighted by Gasteiger charge is -2.15. The number of carbonyl (C=O) groups excluding carboxylic acids is 1. The largest absolute Gasteiger partial charge is 0.464 e. The molecule has 1 aromatic rings. The minimum Gasteiger partial charge on any atom is -0.464 e. The number of aliphatic hydroxyl groups excluding tert-OH is 1. The highest BCUT2D eigenvalue weighted by Crippen LogP contribution is 2.20. The van der Waals surface area contributed by atoms with Crippen LogP contribution >= 0.6 is 0 Å². The van der Waals surface area contributed by atoms with Crippen LogP contribution in [0.3, 0.4) is 0 Å². The number of rotatable bonds is 5. The Morgan fingerprint density at radius 3 is 2.94 bits per heavy atom. The summed E-state index contributed by atoms with van der Waals surface area (Å²) in [7, 11) is 0. The van der Waals surface area contributed by atoms with E-state index in [1.807, 2.05) is 6.92 Å². The van der Waals surface area contributed by atoms with Crippen molar-refractivity contribution in [3.63, 3.8) is 0 Å². The van der Waals surface area contributed by atoms with Gasteiger partial charge >= 0.3 is 5.97 Å². The van der Waals surface area contributed by atoms with Gasteiger partial charge in [0.1, 0.15) is 6.10 Å². The number of aliphatic hydroxyl groups is 1. The van der Waals surface area contributed by atoms with Crippen molar-refractivity contribution in [1.29, 1.82) is 0 Å². The summed E-state index contributed by atoms with van der Waals surface area (Å²) in [6.07, 6.45) is -0.820. The number of hydrogen-bond acceptors (Lipinski definition) is 4. The number of halogens is 1. The molecule has 1 aromatic heterocycles. The van der Waals surface area contributed by atoms with Gasteiger partial charge in [-0.2, -0.15) is 0 Å². The predicted octanol–water partition coefficient (Wildman–Crippen LogP) is 0.838. The third-order valence-corrected chi connectivity index (χ3v) is 2.18. The molecular weight excluding hydrogens is 215 g/mol. The second-order valence-electron chi connectivity index (χ2n) is 3.20. The van der Waals surface area contributed by atoms with Crippen LogP contribution in [-0.4, -0.2) is 33.4 Å². The zero-order valence-electron chi connectivity index (χ0n) is 9.26. The van der Waals surface area contributed by atoms with Gasteiger partial charge in [-0.05, 0) is 13.8 Å². The third kappa shape index (κ3) is 2.57. The molecule has 5 nitrogen and oxygen atoms in total. The van der Waals surface area contributed by atoms with Crippen molar-refractivity contribution in [2.24, 2.45) is 0 Å². The van der Waals surface area contributed by atoms with Crippen LogP contribution < -0.4 is 0 Å². The van der Waals surface area contributed by atoms with E-state index in [1.165, 1.54) is 12.5 Å². The van der Waals surface area contributed by atoms with Gasteiger partial charge in [0, 0.05) is 6.54 Å². The van der Waals surface area contributed by atoms with E-state index in [-0.39, 0.29) is 12.3 Å². The average molecular weight is 230 g/mol. The number of imidazole rings is 1. The van der Waals surface area contributed by atoms with Crippen LogP contribution in [0.1, 0.15) is 25.6 Å². The number of hydrogen-bond donors (Lipinski definition) is 1.